The first-order valence-corrected chi connectivity index (χ1v) is 4.22. The average molecular weight is 217 g/mol. The maximum atomic E-state index is 10.7. The third-order valence-corrected chi connectivity index (χ3v) is 1.96. The number of halogens is 2. The fourth-order valence-corrected chi connectivity index (χ4v) is 1.19. The first kappa shape index (κ1) is 10.2. The van der Waals surface area contributed by atoms with Crippen LogP contribution in [0.15, 0.2) is 12.1 Å². The summed E-state index contributed by atoms with van der Waals surface area (Å²) in [6.07, 6.45) is 0. The van der Waals surface area contributed by atoms with Crippen LogP contribution in [0.25, 0.3) is 0 Å². The van der Waals surface area contributed by atoms with E-state index in [-0.39, 0.29) is 21.6 Å². The number of anilines is 1. The topological polar surface area (TPSA) is 51.4 Å². The van der Waals surface area contributed by atoms with Crippen molar-refractivity contribution < 1.29 is 4.79 Å². The predicted octanol–water partition coefficient (Wildman–Crippen LogP) is 2.65. The number of carbonyl (C=O) groups excluding carboxylic acids is 1. The zero-order chi connectivity index (χ0) is 10.0. The van der Waals surface area contributed by atoms with Crippen molar-refractivity contribution in [2.24, 2.45) is 0 Å². The summed E-state index contributed by atoms with van der Waals surface area (Å²) in [5.41, 5.74) is 9.41. The van der Waals surface area contributed by atoms with Gasteiger partial charge in [-0.15, -0.1) is 5.73 Å². The lowest BCUT2D eigenvalue weighted by atomic mass is 10.3. The third-order valence-electron chi connectivity index (χ3n) is 1.35. The van der Waals surface area contributed by atoms with Crippen LogP contribution in [0, 0.1) is 0 Å². The van der Waals surface area contributed by atoms with Gasteiger partial charge in [0.05, 0.1) is 15.7 Å². The number of hydrogen-bond donors (Lipinski definition) is 1. The van der Waals surface area contributed by atoms with Gasteiger partial charge in [0.25, 0.3) is 0 Å². The van der Waals surface area contributed by atoms with Gasteiger partial charge in [0.2, 0.25) is 5.91 Å². The Kier molecular flexibility index (Phi) is 3.01. The van der Waals surface area contributed by atoms with Crippen molar-refractivity contribution in [2.75, 3.05) is 5.32 Å². The molecule has 1 aromatic rings. The molecule has 0 bridgehead atoms. The van der Waals surface area contributed by atoms with E-state index in [1.54, 1.807) is 0 Å². The van der Waals surface area contributed by atoms with Crippen molar-refractivity contribution in [3.8, 4) is 0 Å². The highest BCUT2D eigenvalue weighted by Crippen LogP contribution is 2.31. The smallest absolute Gasteiger partial charge is 0.221 e. The quantitative estimate of drug-likeness (QED) is 0.772. The standard InChI is InChI=1S/C8H6Cl2N2O/c1-4(13)12-8-3-5(9)7(11)2-6(8)10/h2-3H,1H3,(H,12,13). The second-order valence-electron chi connectivity index (χ2n) is 2.46. The van der Waals surface area contributed by atoms with Gasteiger partial charge in [-0.2, -0.15) is 0 Å². The van der Waals surface area contributed by atoms with Crippen LogP contribution in [0.3, 0.4) is 0 Å². The monoisotopic (exact) mass is 216 g/mol. The molecule has 0 saturated heterocycles. The van der Waals surface area contributed by atoms with Crippen molar-refractivity contribution in [2.45, 2.75) is 6.92 Å². The molecule has 68 valence electrons. The first-order chi connectivity index (χ1) is 6.00. The fraction of sp³-hybridized carbons (Fsp3) is 0.125. The second kappa shape index (κ2) is 3.85. The van der Waals surface area contributed by atoms with Gasteiger partial charge in [0.15, 0.2) is 0 Å². The first-order valence-electron chi connectivity index (χ1n) is 3.46. The van der Waals surface area contributed by atoms with Crippen LogP contribution in [-0.4, -0.2) is 5.91 Å². The highest BCUT2D eigenvalue weighted by molar-refractivity contribution is 6.37. The van der Waals surface area contributed by atoms with Gasteiger partial charge < -0.3 is 5.32 Å². The lowest BCUT2D eigenvalue weighted by Crippen LogP contribution is -2.06. The molecule has 1 amide bonds. The minimum Gasteiger partial charge on any atom is -0.325 e. The van der Waals surface area contributed by atoms with E-state index in [1.807, 2.05) is 0 Å². The third kappa shape index (κ3) is 2.50. The Bertz CT molecular complexity index is 352. The Balaban J connectivity index is 3.08. The summed E-state index contributed by atoms with van der Waals surface area (Å²) < 4.78 is 0. The number of benzene rings is 1. The molecule has 1 rings (SSSR count). The predicted molar refractivity (Wildman–Crippen MR) is 52.6 cm³/mol. The SMILES string of the molecule is CC(=O)Nc1cc(Cl)c([N])cc1Cl. The summed E-state index contributed by atoms with van der Waals surface area (Å²) in [4.78, 5) is 10.7. The van der Waals surface area contributed by atoms with Gasteiger partial charge in [0, 0.05) is 6.92 Å². The van der Waals surface area contributed by atoms with Gasteiger partial charge in [-0.05, 0) is 12.1 Å². The van der Waals surface area contributed by atoms with Crippen LogP contribution in [0.1, 0.15) is 6.92 Å². The molecule has 0 aliphatic carbocycles. The van der Waals surface area contributed by atoms with E-state index in [9.17, 15) is 4.79 Å². The summed E-state index contributed by atoms with van der Waals surface area (Å²) in [6.45, 7) is 1.36. The molecule has 13 heavy (non-hydrogen) atoms. The highest BCUT2D eigenvalue weighted by atomic mass is 35.5. The Morgan fingerprint density at radius 3 is 2.54 bits per heavy atom. The number of rotatable bonds is 1. The number of nitrogens with zero attached hydrogens (tertiary/aromatic N) is 1. The molecule has 5 heteroatoms. The second-order valence-corrected chi connectivity index (χ2v) is 3.28. The van der Waals surface area contributed by atoms with Crippen LogP contribution in [-0.2, 0) is 4.79 Å². The van der Waals surface area contributed by atoms with Gasteiger partial charge in [-0.3, -0.25) is 4.79 Å². The van der Waals surface area contributed by atoms with E-state index in [2.05, 4.69) is 5.32 Å². The fourth-order valence-electron chi connectivity index (χ4n) is 0.822. The van der Waals surface area contributed by atoms with Crippen molar-refractivity contribution in [3.05, 3.63) is 22.2 Å². The number of hydrogen-bond acceptors (Lipinski definition) is 1. The molecule has 2 radical (unpaired) electrons. The number of amides is 1. The maximum absolute atomic E-state index is 10.7. The number of carbonyl (C=O) groups is 1. The van der Waals surface area contributed by atoms with Gasteiger partial charge in [0.1, 0.15) is 5.69 Å². The summed E-state index contributed by atoms with van der Waals surface area (Å²) in [6, 6.07) is 2.66. The summed E-state index contributed by atoms with van der Waals surface area (Å²) >= 11 is 11.3. The molecule has 0 unspecified atom stereocenters. The van der Waals surface area contributed by atoms with E-state index in [0.717, 1.165) is 0 Å². The van der Waals surface area contributed by atoms with Crippen molar-refractivity contribution in [1.29, 1.82) is 0 Å². The van der Waals surface area contributed by atoms with Gasteiger partial charge in [-0.25, -0.2) is 0 Å². The molecule has 1 aromatic carbocycles. The molecule has 0 atom stereocenters. The minimum atomic E-state index is -0.247. The highest BCUT2D eigenvalue weighted by Gasteiger charge is 2.06. The molecule has 0 aliphatic heterocycles. The Hall–Kier alpha value is -0.930. The van der Waals surface area contributed by atoms with Gasteiger partial charge in [-0.1, -0.05) is 23.2 Å². The molecular formula is C8H6Cl2N2O. The van der Waals surface area contributed by atoms with E-state index in [0.29, 0.717) is 5.69 Å². The molecule has 0 spiro atoms. The summed E-state index contributed by atoms with van der Waals surface area (Å²) in [5.74, 6) is -0.247. The van der Waals surface area contributed by atoms with Crippen molar-refractivity contribution in [1.82, 2.24) is 5.73 Å². The normalized spacial score (nSPS) is 9.77. The average Bonchev–Trinajstić information content (AvgIpc) is 1.99. The van der Waals surface area contributed by atoms with Crippen LogP contribution < -0.4 is 11.1 Å². The van der Waals surface area contributed by atoms with E-state index in [1.165, 1.54) is 19.1 Å². The Labute approximate surface area is 85.8 Å². The lowest BCUT2D eigenvalue weighted by Gasteiger charge is -2.05. The van der Waals surface area contributed by atoms with Crippen LogP contribution in [0.2, 0.25) is 10.0 Å². The minimum absolute atomic E-state index is 0.110. The zero-order valence-corrected chi connectivity index (χ0v) is 8.28. The zero-order valence-electron chi connectivity index (χ0n) is 6.77. The molecule has 0 heterocycles. The molecule has 3 nitrogen and oxygen atoms in total. The van der Waals surface area contributed by atoms with E-state index < -0.39 is 0 Å². The Morgan fingerprint density at radius 2 is 2.00 bits per heavy atom. The molecule has 0 fully saturated rings. The summed E-state index contributed by atoms with van der Waals surface area (Å²) in [5, 5.41) is 2.87. The molecular weight excluding hydrogens is 211 g/mol. The Morgan fingerprint density at radius 1 is 1.38 bits per heavy atom. The largest absolute Gasteiger partial charge is 0.325 e. The van der Waals surface area contributed by atoms with Crippen LogP contribution >= 0.6 is 23.2 Å². The van der Waals surface area contributed by atoms with Crippen molar-refractivity contribution in [3.63, 3.8) is 0 Å². The molecule has 0 saturated carbocycles. The molecule has 0 aromatic heterocycles. The van der Waals surface area contributed by atoms with Crippen molar-refractivity contribution >= 4 is 40.5 Å². The van der Waals surface area contributed by atoms with Gasteiger partial charge >= 0.3 is 0 Å². The number of nitrogens with one attached hydrogen (secondary N) is 1. The van der Waals surface area contributed by atoms with E-state index >= 15 is 0 Å². The summed E-state index contributed by atoms with van der Waals surface area (Å²) in [7, 11) is 0. The molecule has 0 aliphatic rings. The van der Waals surface area contributed by atoms with Crippen LogP contribution in [0.4, 0.5) is 11.4 Å². The van der Waals surface area contributed by atoms with Crippen LogP contribution in [0.5, 0.6) is 0 Å². The maximum Gasteiger partial charge on any atom is 0.221 e. The molecule has 1 N–H and O–H groups in total. The van der Waals surface area contributed by atoms with E-state index in [4.69, 9.17) is 28.9 Å². The lowest BCUT2D eigenvalue weighted by molar-refractivity contribution is -0.114.